The van der Waals surface area contributed by atoms with E-state index >= 15 is 0 Å². The lowest BCUT2D eigenvalue weighted by Crippen LogP contribution is -2.06. The Morgan fingerprint density at radius 3 is 2.83 bits per heavy atom. The molecule has 0 aliphatic rings. The molecule has 0 amide bonds. The molecule has 0 saturated heterocycles. The van der Waals surface area contributed by atoms with E-state index in [-0.39, 0.29) is 5.97 Å². The summed E-state index contributed by atoms with van der Waals surface area (Å²) in [5.74, 6) is -0.373. The molecule has 1 aromatic heterocycles. The molecule has 0 aliphatic heterocycles. The Balaban J connectivity index is 2.62. The van der Waals surface area contributed by atoms with Gasteiger partial charge in [0.25, 0.3) is 0 Å². The highest BCUT2D eigenvalue weighted by Gasteiger charge is 2.11. The van der Waals surface area contributed by atoms with Gasteiger partial charge in [0, 0.05) is 17.1 Å². The maximum absolute atomic E-state index is 11.8. The van der Waals surface area contributed by atoms with Gasteiger partial charge >= 0.3 is 5.97 Å². The molecule has 2 rings (SSSR count). The summed E-state index contributed by atoms with van der Waals surface area (Å²) in [6, 6.07) is 6.06. The summed E-state index contributed by atoms with van der Waals surface area (Å²) in [7, 11) is 0. The summed E-state index contributed by atoms with van der Waals surface area (Å²) in [4.78, 5) is 14.8. The minimum atomic E-state index is -0.373. The standard InChI is InChI=1S/C14H15NO2S/c1-3-9-5-6-12-10(7-9)13(18)11(8-15-12)14(16)17-4-2/h5-8H,3-4H2,1-2H3,(H,15,18). The van der Waals surface area contributed by atoms with Crippen LogP contribution in [0, 0.1) is 4.51 Å². The Bertz CT molecular complexity index is 646. The van der Waals surface area contributed by atoms with Crippen molar-refractivity contribution in [3.8, 4) is 0 Å². The Morgan fingerprint density at radius 2 is 2.17 bits per heavy atom. The lowest BCUT2D eigenvalue weighted by atomic mass is 10.1. The number of hydrogen-bond acceptors (Lipinski definition) is 3. The number of aromatic nitrogens is 1. The molecule has 3 nitrogen and oxygen atoms in total. The van der Waals surface area contributed by atoms with Crippen LogP contribution in [-0.4, -0.2) is 17.6 Å². The van der Waals surface area contributed by atoms with E-state index < -0.39 is 0 Å². The lowest BCUT2D eigenvalue weighted by Gasteiger charge is -2.06. The van der Waals surface area contributed by atoms with Crippen molar-refractivity contribution < 1.29 is 9.53 Å². The molecule has 18 heavy (non-hydrogen) atoms. The second-order valence-corrected chi connectivity index (χ2v) is 4.39. The number of benzene rings is 1. The molecule has 0 bridgehead atoms. The third-order valence-corrected chi connectivity index (χ3v) is 3.29. The van der Waals surface area contributed by atoms with E-state index in [0.29, 0.717) is 16.7 Å². The molecule has 0 aliphatic carbocycles. The highest BCUT2D eigenvalue weighted by molar-refractivity contribution is 7.71. The Morgan fingerprint density at radius 1 is 1.39 bits per heavy atom. The quantitative estimate of drug-likeness (QED) is 0.677. The smallest absolute Gasteiger partial charge is 0.341 e. The van der Waals surface area contributed by atoms with Gasteiger partial charge in [-0.05, 0) is 31.0 Å². The molecule has 0 fully saturated rings. The van der Waals surface area contributed by atoms with E-state index in [2.05, 4.69) is 18.0 Å². The molecule has 1 heterocycles. The summed E-state index contributed by atoms with van der Waals surface area (Å²) in [6.45, 7) is 4.21. The van der Waals surface area contributed by atoms with Crippen LogP contribution in [0.15, 0.2) is 24.4 Å². The van der Waals surface area contributed by atoms with Gasteiger partial charge in [0.2, 0.25) is 0 Å². The fraction of sp³-hybridized carbons (Fsp3) is 0.286. The van der Waals surface area contributed by atoms with Crippen LogP contribution in [0.25, 0.3) is 10.9 Å². The summed E-state index contributed by atoms with van der Waals surface area (Å²) < 4.78 is 5.54. The molecule has 0 atom stereocenters. The molecule has 2 aromatic rings. The number of carbonyl (C=O) groups is 1. The van der Waals surface area contributed by atoms with Crippen LogP contribution >= 0.6 is 12.2 Å². The van der Waals surface area contributed by atoms with E-state index in [0.717, 1.165) is 17.3 Å². The van der Waals surface area contributed by atoms with Gasteiger partial charge in [-0.25, -0.2) is 4.79 Å². The Labute approximate surface area is 111 Å². The maximum atomic E-state index is 11.8. The van der Waals surface area contributed by atoms with E-state index in [4.69, 9.17) is 17.0 Å². The topological polar surface area (TPSA) is 42.1 Å². The second kappa shape index (κ2) is 5.31. The van der Waals surface area contributed by atoms with Crippen LogP contribution < -0.4 is 0 Å². The van der Waals surface area contributed by atoms with Crippen molar-refractivity contribution in [2.45, 2.75) is 20.3 Å². The van der Waals surface area contributed by atoms with E-state index in [1.54, 1.807) is 13.1 Å². The van der Waals surface area contributed by atoms with E-state index in [1.807, 2.05) is 12.1 Å². The monoisotopic (exact) mass is 261 g/mol. The number of pyridine rings is 1. The van der Waals surface area contributed by atoms with Crippen LogP contribution in [0.3, 0.4) is 0 Å². The molecule has 1 N–H and O–H groups in total. The first-order valence-corrected chi connectivity index (χ1v) is 6.39. The molecule has 0 unspecified atom stereocenters. The van der Waals surface area contributed by atoms with Crippen molar-refractivity contribution in [2.24, 2.45) is 0 Å². The van der Waals surface area contributed by atoms with E-state index in [1.165, 1.54) is 5.56 Å². The van der Waals surface area contributed by atoms with Gasteiger partial charge in [-0.1, -0.05) is 25.2 Å². The zero-order valence-corrected chi connectivity index (χ0v) is 11.3. The third-order valence-electron chi connectivity index (χ3n) is 2.85. The number of nitrogens with one attached hydrogen (secondary N) is 1. The Hall–Kier alpha value is -1.68. The van der Waals surface area contributed by atoms with Gasteiger partial charge in [-0.3, -0.25) is 0 Å². The van der Waals surface area contributed by atoms with Crippen molar-refractivity contribution in [3.05, 3.63) is 40.0 Å². The predicted octanol–water partition coefficient (Wildman–Crippen LogP) is 3.64. The van der Waals surface area contributed by atoms with Gasteiger partial charge in [0.15, 0.2) is 0 Å². The number of hydrogen-bond donors (Lipinski definition) is 1. The molecular formula is C14H15NO2S. The first-order chi connectivity index (χ1) is 8.67. The fourth-order valence-corrected chi connectivity index (χ4v) is 2.16. The first kappa shape index (κ1) is 12.8. The van der Waals surface area contributed by atoms with Crippen LogP contribution in [-0.2, 0) is 11.2 Å². The minimum Gasteiger partial charge on any atom is -0.462 e. The molecular weight excluding hydrogens is 246 g/mol. The molecule has 0 radical (unpaired) electrons. The molecule has 0 saturated carbocycles. The Kier molecular flexibility index (Phi) is 3.77. The summed E-state index contributed by atoms with van der Waals surface area (Å²) in [5.41, 5.74) is 2.56. The minimum absolute atomic E-state index is 0.348. The largest absolute Gasteiger partial charge is 0.462 e. The van der Waals surface area contributed by atoms with Gasteiger partial charge in [-0.15, -0.1) is 0 Å². The number of fused-ring (bicyclic) bond motifs is 1. The van der Waals surface area contributed by atoms with Crippen LogP contribution in [0.2, 0.25) is 0 Å². The van der Waals surface area contributed by atoms with Crippen molar-refractivity contribution in [3.63, 3.8) is 0 Å². The highest BCUT2D eigenvalue weighted by Crippen LogP contribution is 2.19. The van der Waals surface area contributed by atoms with Gasteiger partial charge in [-0.2, -0.15) is 0 Å². The van der Waals surface area contributed by atoms with Crippen LogP contribution in [0.4, 0.5) is 0 Å². The van der Waals surface area contributed by atoms with Crippen molar-refractivity contribution in [2.75, 3.05) is 6.61 Å². The van der Waals surface area contributed by atoms with Gasteiger partial charge < -0.3 is 9.72 Å². The SMILES string of the molecule is CCOC(=O)c1c[nH]c2ccc(CC)cc2c1=S. The maximum Gasteiger partial charge on any atom is 0.341 e. The zero-order valence-electron chi connectivity index (χ0n) is 10.4. The highest BCUT2D eigenvalue weighted by atomic mass is 32.1. The summed E-state index contributed by atoms with van der Waals surface area (Å²) in [6.07, 6.45) is 2.56. The summed E-state index contributed by atoms with van der Waals surface area (Å²) in [5, 5.41) is 0.898. The molecule has 4 heteroatoms. The third kappa shape index (κ3) is 2.29. The van der Waals surface area contributed by atoms with Crippen molar-refractivity contribution in [1.29, 1.82) is 0 Å². The first-order valence-electron chi connectivity index (χ1n) is 5.98. The van der Waals surface area contributed by atoms with E-state index in [9.17, 15) is 4.79 Å². The second-order valence-electron chi connectivity index (χ2n) is 3.99. The van der Waals surface area contributed by atoms with Gasteiger partial charge in [0.05, 0.1) is 16.7 Å². The number of H-pyrrole nitrogens is 1. The van der Waals surface area contributed by atoms with Crippen LogP contribution in [0.1, 0.15) is 29.8 Å². The average Bonchev–Trinajstić information content (AvgIpc) is 2.39. The molecule has 1 aromatic carbocycles. The van der Waals surface area contributed by atoms with Crippen molar-refractivity contribution >= 4 is 29.1 Å². The number of aromatic amines is 1. The average molecular weight is 261 g/mol. The number of esters is 1. The molecule has 94 valence electrons. The molecule has 0 spiro atoms. The van der Waals surface area contributed by atoms with Crippen LogP contribution in [0.5, 0.6) is 0 Å². The number of rotatable bonds is 3. The van der Waals surface area contributed by atoms with Gasteiger partial charge in [0.1, 0.15) is 0 Å². The fourth-order valence-electron chi connectivity index (χ4n) is 1.85. The number of carbonyl (C=O) groups excluding carboxylic acids is 1. The summed E-state index contributed by atoms with van der Waals surface area (Å²) >= 11 is 5.37. The lowest BCUT2D eigenvalue weighted by molar-refractivity contribution is 0.0525. The predicted molar refractivity (Wildman–Crippen MR) is 74.5 cm³/mol. The zero-order chi connectivity index (χ0) is 13.1. The number of aryl methyl sites for hydroxylation is 1. The van der Waals surface area contributed by atoms with Crippen molar-refractivity contribution in [1.82, 2.24) is 4.98 Å². The number of ether oxygens (including phenoxy) is 1. The normalized spacial score (nSPS) is 10.6.